The Morgan fingerprint density at radius 2 is 1.73 bits per heavy atom. The Morgan fingerprint density at radius 1 is 1.07 bits per heavy atom. The predicted molar refractivity (Wildman–Crippen MR) is 110 cm³/mol. The van der Waals surface area contributed by atoms with Crippen LogP contribution in [0, 0.1) is 10.1 Å². The number of hydrogen-bond acceptors (Lipinski definition) is 6. The minimum atomic E-state index is -0.782. The summed E-state index contributed by atoms with van der Waals surface area (Å²) in [7, 11) is 0. The molecule has 2 atom stereocenters. The molecule has 0 heterocycles. The number of carbonyl (C=O) groups excluding carboxylic acids is 2. The highest BCUT2D eigenvalue weighted by molar-refractivity contribution is 5.90. The van der Waals surface area contributed by atoms with Crippen molar-refractivity contribution in [2.45, 2.75) is 38.5 Å². The molecule has 1 aliphatic carbocycles. The highest BCUT2D eigenvalue weighted by Gasteiger charge is 2.32. The summed E-state index contributed by atoms with van der Waals surface area (Å²) in [5.74, 6) is -0.657. The third-order valence-electron chi connectivity index (χ3n) is 4.35. The maximum atomic E-state index is 12.6. The van der Waals surface area contributed by atoms with Crippen LogP contribution in [-0.2, 0) is 9.47 Å². The van der Waals surface area contributed by atoms with E-state index in [1.165, 1.54) is 24.3 Å². The lowest BCUT2D eigenvalue weighted by Crippen LogP contribution is -2.41. The minimum absolute atomic E-state index is 0.123. The van der Waals surface area contributed by atoms with E-state index in [2.05, 4.69) is 5.32 Å². The van der Waals surface area contributed by atoms with Crippen molar-refractivity contribution >= 4 is 23.8 Å². The number of carbonyl (C=O) groups is 2. The first-order chi connectivity index (χ1) is 14.1. The molecule has 0 unspecified atom stereocenters. The van der Waals surface area contributed by atoms with Gasteiger partial charge in [0.15, 0.2) is 0 Å². The molecule has 2 aromatic rings. The number of hydrogen-bond donors (Lipinski definition) is 1. The van der Waals surface area contributed by atoms with Gasteiger partial charge in [-0.15, -0.1) is 0 Å². The van der Waals surface area contributed by atoms with Gasteiger partial charge in [0, 0.05) is 12.1 Å². The number of nitro benzene ring substituents is 1. The number of non-ortho nitro benzene ring substituents is 1. The third-order valence-corrected chi connectivity index (χ3v) is 4.35. The summed E-state index contributed by atoms with van der Waals surface area (Å²) in [4.78, 5) is 35.2. The lowest BCUT2D eigenvalue weighted by atomic mass is 9.91. The van der Waals surface area contributed by atoms with Gasteiger partial charge in [0.25, 0.3) is 5.69 Å². The molecule has 156 valence electrons. The number of esters is 1. The molecule has 0 spiro atoms. The van der Waals surface area contributed by atoms with Gasteiger partial charge in [-0.25, -0.2) is 9.59 Å². The molecule has 1 amide bonds. The van der Waals surface area contributed by atoms with E-state index in [4.69, 9.17) is 9.47 Å². The van der Waals surface area contributed by atoms with E-state index in [0.717, 1.165) is 11.1 Å². The van der Waals surface area contributed by atoms with Gasteiger partial charge in [0.1, 0.15) is 11.7 Å². The van der Waals surface area contributed by atoms with Crippen molar-refractivity contribution in [3.63, 3.8) is 0 Å². The summed E-state index contributed by atoms with van der Waals surface area (Å²) < 4.78 is 11.0. The SMILES string of the molecule is CC(C)(C)OC(=O)N[C@H]1c2ccccc2C=C[C@@H]1OC(=O)c1ccc([N+](=O)[O-])cc1. The average molecular weight is 410 g/mol. The van der Waals surface area contributed by atoms with Crippen molar-refractivity contribution in [2.75, 3.05) is 0 Å². The van der Waals surface area contributed by atoms with Crippen LogP contribution in [0.3, 0.4) is 0 Å². The summed E-state index contributed by atoms with van der Waals surface area (Å²) in [6.45, 7) is 5.27. The fourth-order valence-corrected chi connectivity index (χ4v) is 3.05. The third kappa shape index (κ3) is 5.02. The number of nitrogens with zero attached hydrogens (tertiary/aromatic N) is 1. The fourth-order valence-electron chi connectivity index (χ4n) is 3.05. The number of benzene rings is 2. The maximum absolute atomic E-state index is 12.6. The number of nitro groups is 1. The standard InChI is InChI=1S/C22H22N2O6/c1-22(2,3)30-21(26)23-19-17-7-5-4-6-14(17)10-13-18(19)29-20(25)15-8-11-16(12-9-15)24(27)28/h4-13,18-19H,1-3H3,(H,23,26)/t18-,19-/m0/s1. The molecule has 0 saturated heterocycles. The van der Waals surface area contributed by atoms with Crippen LogP contribution in [0.4, 0.5) is 10.5 Å². The molecule has 30 heavy (non-hydrogen) atoms. The summed E-state index contributed by atoms with van der Waals surface area (Å²) in [5, 5.41) is 13.6. The van der Waals surface area contributed by atoms with Gasteiger partial charge in [0.2, 0.25) is 0 Å². The van der Waals surface area contributed by atoms with Crippen LogP contribution in [-0.4, -0.2) is 28.7 Å². The Balaban J connectivity index is 1.81. The predicted octanol–water partition coefficient (Wildman–Crippen LogP) is 4.41. The van der Waals surface area contributed by atoms with Crippen LogP contribution >= 0.6 is 0 Å². The molecule has 0 fully saturated rings. The molecule has 0 aromatic heterocycles. The zero-order valence-corrected chi connectivity index (χ0v) is 16.8. The van der Waals surface area contributed by atoms with E-state index in [9.17, 15) is 19.7 Å². The smallest absolute Gasteiger partial charge is 0.408 e. The Bertz CT molecular complexity index is 991. The van der Waals surface area contributed by atoms with Crippen molar-refractivity contribution in [3.05, 3.63) is 81.4 Å². The number of amides is 1. The molecular formula is C22H22N2O6. The zero-order chi connectivity index (χ0) is 21.9. The summed E-state index contributed by atoms with van der Waals surface area (Å²) >= 11 is 0. The average Bonchev–Trinajstić information content (AvgIpc) is 2.68. The molecule has 0 bridgehead atoms. The van der Waals surface area contributed by atoms with Gasteiger partial charge >= 0.3 is 12.1 Å². The highest BCUT2D eigenvalue weighted by Crippen LogP contribution is 2.31. The molecule has 8 nitrogen and oxygen atoms in total. The molecule has 1 aliphatic rings. The maximum Gasteiger partial charge on any atom is 0.408 e. The lowest BCUT2D eigenvalue weighted by molar-refractivity contribution is -0.384. The molecule has 3 rings (SSSR count). The Morgan fingerprint density at radius 3 is 2.37 bits per heavy atom. The largest absolute Gasteiger partial charge is 0.452 e. The second-order valence-electron chi connectivity index (χ2n) is 7.79. The Labute approximate surface area is 173 Å². The van der Waals surface area contributed by atoms with E-state index in [1.807, 2.05) is 30.3 Å². The number of rotatable bonds is 4. The molecule has 0 aliphatic heterocycles. The molecule has 1 N–H and O–H groups in total. The second kappa shape index (κ2) is 8.36. The number of alkyl carbamates (subject to hydrolysis) is 1. The topological polar surface area (TPSA) is 108 Å². The van der Waals surface area contributed by atoms with Crippen LogP contribution in [0.1, 0.15) is 48.3 Å². The first-order valence-corrected chi connectivity index (χ1v) is 9.36. The number of ether oxygens (including phenoxy) is 2. The van der Waals surface area contributed by atoms with Crippen molar-refractivity contribution in [2.24, 2.45) is 0 Å². The van der Waals surface area contributed by atoms with E-state index in [1.54, 1.807) is 26.8 Å². The molecule has 8 heteroatoms. The number of fused-ring (bicyclic) bond motifs is 1. The van der Waals surface area contributed by atoms with E-state index in [0.29, 0.717) is 0 Å². The van der Waals surface area contributed by atoms with Crippen molar-refractivity contribution < 1.29 is 24.0 Å². The van der Waals surface area contributed by atoms with Gasteiger partial charge in [-0.3, -0.25) is 10.1 Å². The van der Waals surface area contributed by atoms with Crippen LogP contribution in [0.5, 0.6) is 0 Å². The van der Waals surface area contributed by atoms with Gasteiger partial charge in [-0.1, -0.05) is 30.3 Å². The second-order valence-corrected chi connectivity index (χ2v) is 7.79. The fraction of sp³-hybridized carbons (Fsp3) is 0.273. The first-order valence-electron chi connectivity index (χ1n) is 9.36. The summed E-state index contributed by atoms with van der Waals surface area (Å²) in [6, 6.07) is 11.9. The van der Waals surface area contributed by atoms with E-state index >= 15 is 0 Å². The van der Waals surface area contributed by atoms with E-state index < -0.39 is 34.7 Å². The van der Waals surface area contributed by atoms with Crippen molar-refractivity contribution in [1.29, 1.82) is 0 Å². The molecule has 0 saturated carbocycles. The monoisotopic (exact) mass is 410 g/mol. The van der Waals surface area contributed by atoms with Crippen LogP contribution in [0.25, 0.3) is 6.08 Å². The van der Waals surface area contributed by atoms with Gasteiger partial charge in [0.05, 0.1) is 16.5 Å². The summed E-state index contributed by atoms with van der Waals surface area (Å²) in [5.41, 5.74) is 1.04. The van der Waals surface area contributed by atoms with Gasteiger partial charge in [-0.2, -0.15) is 0 Å². The molecule has 0 radical (unpaired) electrons. The van der Waals surface area contributed by atoms with Gasteiger partial charge in [-0.05, 0) is 50.1 Å². The molecule has 2 aromatic carbocycles. The van der Waals surface area contributed by atoms with Crippen molar-refractivity contribution in [3.8, 4) is 0 Å². The normalized spacial score (nSPS) is 17.6. The van der Waals surface area contributed by atoms with Crippen molar-refractivity contribution in [1.82, 2.24) is 5.32 Å². The number of nitrogens with one attached hydrogen (secondary N) is 1. The minimum Gasteiger partial charge on any atom is -0.452 e. The quantitative estimate of drug-likeness (QED) is 0.454. The zero-order valence-electron chi connectivity index (χ0n) is 16.8. The lowest BCUT2D eigenvalue weighted by Gasteiger charge is -2.31. The highest BCUT2D eigenvalue weighted by atomic mass is 16.6. The van der Waals surface area contributed by atoms with Crippen LogP contribution in [0.2, 0.25) is 0 Å². The van der Waals surface area contributed by atoms with E-state index in [-0.39, 0.29) is 11.3 Å². The molecular weight excluding hydrogens is 388 g/mol. The first kappa shape index (κ1) is 21.0. The van der Waals surface area contributed by atoms with Crippen LogP contribution < -0.4 is 5.32 Å². The Kier molecular flexibility index (Phi) is 5.86. The summed E-state index contributed by atoms with van der Waals surface area (Å²) in [6.07, 6.45) is 2.09. The van der Waals surface area contributed by atoms with Crippen LogP contribution in [0.15, 0.2) is 54.6 Å². The Hall–Kier alpha value is -3.68. The van der Waals surface area contributed by atoms with Gasteiger partial charge < -0.3 is 14.8 Å².